The Morgan fingerprint density at radius 1 is 0.727 bits per heavy atom. The van der Waals surface area contributed by atoms with Crippen LogP contribution in [-0.2, 0) is 32.9 Å². The van der Waals surface area contributed by atoms with Crippen LogP contribution < -0.4 is 0 Å². The fourth-order valence-electron chi connectivity index (χ4n) is 6.63. The van der Waals surface area contributed by atoms with E-state index in [9.17, 15) is 34.3 Å². The normalized spacial score (nSPS) is 20.1. The Morgan fingerprint density at radius 3 is 1.98 bits per heavy atom. The molecule has 0 heterocycles. The van der Waals surface area contributed by atoms with Gasteiger partial charge in [-0.15, -0.1) is 0 Å². The molecule has 1 fully saturated rings. The minimum Gasteiger partial charge on any atom is -0.462 e. The molecular weight excluding hydrogens is 727 g/mol. The first-order valence-corrected chi connectivity index (χ1v) is 22.5. The number of aliphatic hydroxyl groups is 3. The summed E-state index contributed by atoms with van der Waals surface area (Å²) in [7, 11) is -4.85. The van der Waals surface area contributed by atoms with Gasteiger partial charge < -0.3 is 34.6 Å². The number of phosphoric ester groups is 1. The molecule has 1 rings (SSSR count). The molecule has 1 saturated carbocycles. The first kappa shape index (κ1) is 50.8. The summed E-state index contributed by atoms with van der Waals surface area (Å²) in [6, 6.07) is 0. The van der Waals surface area contributed by atoms with Crippen molar-refractivity contribution >= 4 is 25.5 Å². The minimum atomic E-state index is -4.85. The minimum absolute atomic E-state index is 0.0217. The van der Waals surface area contributed by atoms with Gasteiger partial charge in [0.1, 0.15) is 12.4 Å². The van der Waals surface area contributed by atoms with Crippen LogP contribution in [0.4, 0.5) is 0 Å². The van der Waals surface area contributed by atoms with Crippen molar-refractivity contribution in [3.63, 3.8) is 0 Å². The molecule has 0 aromatic rings. The second kappa shape index (κ2) is 31.9. The number of unbranched alkanes of at least 4 members (excludes halogenated alkanes) is 12. The third-order valence-corrected chi connectivity index (χ3v) is 10.3. The Morgan fingerprint density at radius 2 is 1.31 bits per heavy atom. The zero-order valence-corrected chi connectivity index (χ0v) is 34.5. The van der Waals surface area contributed by atoms with Gasteiger partial charge in [0, 0.05) is 43.9 Å². The first-order chi connectivity index (χ1) is 26.4. The van der Waals surface area contributed by atoms with Crippen LogP contribution in [0.1, 0.15) is 162 Å². The number of carbonyl (C=O) groups excluding carboxylic acids is 3. The molecule has 0 saturated heterocycles. The number of hydrogen-bond donors (Lipinski definition) is 5. The van der Waals surface area contributed by atoms with Crippen LogP contribution in [0.15, 0.2) is 36.5 Å². The number of hydrogen-bond acceptors (Lipinski definition) is 10. The standard InChI is InChI=1S/C42H73O12P/c1-3-5-7-8-9-10-11-12-13-14-15-16-17-18-19-21-27-42(48)54-36(33-53-55(49,50)51)32-52-41(47)26-23-22-25-35(44)30-38-37(39(45)31-40(38)46)29-28-34(43)24-20-6-4-2/h9-10,12-13,28-29,34,36-40,43,45-46H,3-8,11,14-27,30-33H2,1-2H3,(H2,49,50,51)/b10-9-,13-12-,29-28+/t34-,36+,37+,38+,39+,40-/m0/s1. The molecule has 0 radical (unpaired) electrons. The van der Waals surface area contributed by atoms with Crippen molar-refractivity contribution < 1.29 is 58.1 Å². The molecule has 1 aliphatic rings. The lowest BCUT2D eigenvalue weighted by Crippen LogP contribution is -2.29. The Balaban J connectivity index is 2.32. The number of aliphatic hydroxyl groups excluding tert-OH is 3. The van der Waals surface area contributed by atoms with Crippen molar-refractivity contribution in [2.24, 2.45) is 11.8 Å². The average Bonchev–Trinajstić information content (AvgIpc) is 3.40. The van der Waals surface area contributed by atoms with Gasteiger partial charge in [-0.3, -0.25) is 18.9 Å². The van der Waals surface area contributed by atoms with Gasteiger partial charge in [0.2, 0.25) is 0 Å². The number of Topliss-reactive ketones (excluding diaryl/α,β-unsaturated/α-hetero) is 1. The van der Waals surface area contributed by atoms with Crippen molar-refractivity contribution in [2.45, 2.75) is 186 Å². The molecular formula is C42H73O12P. The second-order valence-electron chi connectivity index (χ2n) is 14.9. The zero-order chi connectivity index (χ0) is 40.7. The Kier molecular flexibility index (Phi) is 29.4. The number of esters is 2. The molecule has 13 heteroatoms. The monoisotopic (exact) mass is 800 g/mol. The summed E-state index contributed by atoms with van der Waals surface area (Å²) in [5.74, 6) is -2.18. The number of ketones is 1. The quantitative estimate of drug-likeness (QED) is 0.0182. The molecule has 318 valence electrons. The Labute approximate surface area is 330 Å². The van der Waals surface area contributed by atoms with Crippen LogP contribution in [0, 0.1) is 11.8 Å². The highest BCUT2D eigenvalue weighted by Crippen LogP contribution is 2.37. The maximum atomic E-state index is 12.7. The van der Waals surface area contributed by atoms with Gasteiger partial charge in [-0.2, -0.15) is 0 Å². The van der Waals surface area contributed by atoms with E-state index >= 15 is 0 Å². The van der Waals surface area contributed by atoms with Crippen molar-refractivity contribution in [2.75, 3.05) is 13.2 Å². The van der Waals surface area contributed by atoms with E-state index in [-0.39, 0.29) is 37.9 Å². The number of allylic oxidation sites excluding steroid dienone is 4. The van der Waals surface area contributed by atoms with Crippen molar-refractivity contribution in [1.82, 2.24) is 0 Å². The second-order valence-corrected chi connectivity index (χ2v) is 16.2. The third kappa shape index (κ3) is 28.0. The number of rotatable bonds is 34. The van der Waals surface area contributed by atoms with E-state index in [0.717, 1.165) is 70.6 Å². The van der Waals surface area contributed by atoms with Gasteiger partial charge in [-0.05, 0) is 57.8 Å². The van der Waals surface area contributed by atoms with Gasteiger partial charge in [0.25, 0.3) is 0 Å². The summed E-state index contributed by atoms with van der Waals surface area (Å²) in [5, 5.41) is 31.2. The number of phosphoric acid groups is 1. The van der Waals surface area contributed by atoms with E-state index in [1.807, 2.05) is 0 Å². The highest BCUT2D eigenvalue weighted by Gasteiger charge is 2.41. The summed E-state index contributed by atoms with van der Waals surface area (Å²) >= 11 is 0. The predicted molar refractivity (Wildman–Crippen MR) is 214 cm³/mol. The Hall–Kier alpha value is -2.18. The smallest absolute Gasteiger partial charge is 0.462 e. The third-order valence-electron chi connectivity index (χ3n) is 9.86. The van der Waals surface area contributed by atoms with Crippen LogP contribution in [0.2, 0.25) is 0 Å². The largest absolute Gasteiger partial charge is 0.469 e. The lowest BCUT2D eigenvalue weighted by Gasteiger charge is -2.20. The molecule has 1 aliphatic carbocycles. The van der Waals surface area contributed by atoms with Crippen molar-refractivity contribution in [3.05, 3.63) is 36.5 Å². The van der Waals surface area contributed by atoms with E-state index < -0.39 is 69.2 Å². The van der Waals surface area contributed by atoms with Crippen molar-refractivity contribution in [3.8, 4) is 0 Å². The molecule has 0 spiro atoms. The number of ether oxygens (including phenoxy) is 2. The number of carbonyl (C=O) groups is 3. The molecule has 6 atom stereocenters. The van der Waals surface area contributed by atoms with E-state index in [4.69, 9.17) is 19.3 Å². The highest BCUT2D eigenvalue weighted by atomic mass is 31.2. The molecule has 55 heavy (non-hydrogen) atoms. The van der Waals surface area contributed by atoms with Gasteiger partial charge in [0.15, 0.2) is 6.10 Å². The van der Waals surface area contributed by atoms with E-state index in [0.29, 0.717) is 25.7 Å². The summed E-state index contributed by atoms with van der Waals surface area (Å²) in [6.07, 6.45) is 26.4. The fourth-order valence-corrected chi connectivity index (χ4v) is 6.99. The van der Waals surface area contributed by atoms with Crippen LogP contribution in [0.5, 0.6) is 0 Å². The topological polar surface area (TPSA) is 197 Å². The molecule has 0 aliphatic heterocycles. The summed E-state index contributed by atoms with van der Waals surface area (Å²) in [4.78, 5) is 55.8. The maximum Gasteiger partial charge on any atom is 0.469 e. The molecule has 0 bridgehead atoms. The molecule has 0 aromatic heterocycles. The van der Waals surface area contributed by atoms with Crippen LogP contribution in [-0.4, -0.2) is 80.5 Å². The highest BCUT2D eigenvalue weighted by molar-refractivity contribution is 7.46. The molecule has 0 aromatic carbocycles. The van der Waals surface area contributed by atoms with E-state index in [1.165, 1.54) is 19.3 Å². The molecule has 0 amide bonds. The molecule has 0 unspecified atom stereocenters. The fraction of sp³-hybridized carbons (Fsp3) is 0.786. The lowest BCUT2D eigenvalue weighted by atomic mass is 9.87. The molecule has 12 nitrogen and oxygen atoms in total. The van der Waals surface area contributed by atoms with Crippen molar-refractivity contribution in [1.29, 1.82) is 0 Å². The van der Waals surface area contributed by atoms with Gasteiger partial charge >= 0.3 is 19.8 Å². The molecule has 5 N–H and O–H groups in total. The van der Waals surface area contributed by atoms with Crippen LogP contribution in [0.3, 0.4) is 0 Å². The zero-order valence-electron chi connectivity index (χ0n) is 33.6. The Bertz CT molecular complexity index is 1170. The first-order valence-electron chi connectivity index (χ1n) is 21.0. The predicted octanol–water partition coefficient (Wildman–Crippen LogP) is 8.13. The average molecular weight is 801 g/mol. The van der Waals surface area contributed by atoms with E-state index in [1.54, 1.807) is 12.2 Å². The van der Waals surface area contributed by atoms with Gasteiger partial charge in [-0.25, -0.2) is 4.57 Å². The van der Waals surface area contributed by atoms with E-state index in [2.05, 4.69) is 42.7 Å². The SMILES string of the molecule is CCCCC/C=C\C/C=C\CCCCCCCCC(=O)O[C@H](COC(=O)CCCCC(=O)C[C@@H]1[C@@H](/C=C/[C@@H](O)CCCCC)[C@H](O)C[C@@H]1O)COP(=O)(O)O. The maximum absolute atomic E-state index is 12.7. The summed E-state index contributed by atoms with van der Waals surface area (Å²) in [5.41, 5.74) is 0. The lowest BCUT2D eigenvalue weighted by molar-refractivity contribution is -0.161. The van der Waals surface area contributed by atoms with Crippen LogP contribution >= 0.6 is 7.82 Å². The summed E-state index contributed by atoms with van der Waals surface area (Å²) < 4.78 is 26.3. The van der Waals surface area contributed by atoms with Crippen LogP contribution in [0.25, 0.3) is 0 Å². The van der Waals surface area contributed by atoms with Gasteiger partial charge in [0.05, 0.1) is 24.9 Å². The van der Waals surface area contributed by atoms with Gasteiger partial charge in [-0.1, -0.05) is 108 Å². The summed E-state index contributed by atoms with van der Waals surface area (Å²) in [6.45, 7) is 3.22.